The highest BCUT2D eigenvalue weighted by atomic mass is 19.1. The lowest BCUT2D eigenvalue weighted by molar-refractivity contribution is -0.114. The zero-order valence-corrected chi connectivity index (χ0v) is 9.39. The number of anilines is 1. The fourth-order valence-corrected chi connectivity index (χ4v) is 1.98. The molecule has 2 aromatic rings. The average Bonchev–Trinajstić information content (AvgIpc) is 2.93. The van der Waals surface area contributed by atoms with E-state index in [-0.39, 0.29) is 23.6 Å². The molecule has 5 nitrogen and oxygen atoms in total. The van der Waals surface area contributed by atoms with Crippen molar-refractivity contribution < 1.29 is 22.9 Å². The third-order valence-corrected chi connectivity index (χ3v) is 2.79. The molecule has 19 heavy (non-hydrogen) atoms. The van der Waals surface area contributed by atoms with E-state index in [1.54, 1.807) is 0 Å². The molecule has 0 saturated heterocycles. The Balaban J connectivity index is 2.09. The number of carbonyl (C=O) groups excluding carboxylic acids is 2. The Kier molecular flexibility index (Phi) is 2.41. The molecule has 1 aliphatic rings. The number of fused-ring (bicyclic) bond motifs is 1. The van der Waals surface area contributed by atoms with Crippen molar-refractivity contribution in [2.45, 2.75) is 6.54 Å². The highest BCUT2D eigenvalue weighted by Gasteiger charge is 2.39. The van der Waals surface area contributed by atoms with E-state index in [2.05, 4.69) is 5.16 Å². The highest BCUT2D eigenvalue weighted by molar-refractivity contribution is 6.52. The summed E-state index contributed by atoms with van der Waals surface area (Å²) in [5, 5.41) is 3.45. The van der Waals surface area contributed by atoms with Gasteiger partial charge in [0.2, 0.25) is 0 Å². The van der Waals surface area contributed by atoms with E-state index in [1.165, 1.54) is 12.3 Å². The van der Waals surface area contributed by atoms with Gasteiger partial charge >= 0.3 is 0 Å². The van der Waals surface area contributed by atoms with E-state index in [0.29, 0.717) is 6.07 Å². The fraction of sp³-hybridized carbons (Fsp3) is 0.0833. The number of carbonyl (C=O) groups is 2. The SMILES string of the molecule is O=C1C(=O)N(Cc2ccno2)c2c(F)cc(F)cc21. The molecule has 2 heterocycles. The van der Waals surface area contributed by atoms with Crippen LogP contribution in [0.25, 0.3) is 0 Å². The number of benzene rings is 1. The molecule has 0 radical (unpaired) electrons. The van der Waals surface area contributed by atoms with Crippen LogP contribution in [0, 0.1) is 11.6 Å². The molecule has 0 atom stereocenters. The van der Waals surface area contributed by atoms with E-state index in [9.17, 15) is 18.4 Å². The molecule has 3 rings (SSSR count). The number of aromatic nitrogens is 1. The molecule has 0 saturated carbocycles. The van der Waals surface area contributed by atoms with E-state index < -0.39 is 23.3 Å². The Hall–Kier alpha value is -2.57. The second-order valence-corrected chi connectivity index (χ2v) is 3.98. The molecule has 0 N–H and O–H groups in total. The van der Waals surface area contributed by atoms with E-state index in [4.69, 9.17) is 4.52 Å². The first kappa shape index (κ1) is 11.5. The van der Waals surface area contributed by atoms with Gasteiger partial charge in [-0.2, -0.15) is 0 Å². The third-order valence-electron chi connectivity index (χ3n) is 2.79. The summed E-state index contributed by atoms with van der Waals surface area (Å²) in [6.45, 7) is -0.139. The van der Waals surface area contributed by atoms with Crippen LogP contribution < -0.4 is 4.90 Å². The smallest absolute Gasteiger partial charge is 0.299 e. The molecule has 1 aromatic carbocycles. The van der Waals surface area contributed by atoms with Gasteiger partial charge in [0.15, 0.2) is 11.6 Å². The Labute approximate surface area is 105 Å². The minimum atomic E-state index is -0.964. The van der Waals surface area contributed by atoms with Crippen LogP contribution in [0.3, 0.4) is 0 Å². The molecule has 1 amide bonds. The predicted octanol–water partition coefficient (Wildman–Crippen LogP) is 1.68. The topological polar surface area (TPSA) is 63.4 Å². The Morgan fingerprint density at radius 2 is 2.05 bits per heavy atom. The molecule has 7 heteroatoms. The molecule has 0 fully saturated rings. The van der Waals surface area contributed by atoms with Crippen molar-refractivity contribution in [2.24, 2.45) is 0 Å². The lowest BCUT2D eigenvalue weighted by Crippen LogP contribution is -2.29. The van der Waals surface area contributed by atoms with Crippen LogP contribution in [0.2, 0.25) is 0 Å². The van der Waals surface area contributed by atoms with Gasteiger partial charge in [0.1, 0.15) is 5.82 Å². The number of hydrogen-bond donors (Lipinski definition) is 0. The van der Waals surface area contributed by atoms with Crippen LogP contribution in [0.5, 0.6) is 0 Å². The van der Waals surface area contributed by atoms with Gasteiger partial charge in [-0.25, -0.2) is 8.78 Å². The van der Waals surface area contributed by atoms with Crippen LogP contribution in [0.15, 0.2) is 28.9 Å². The summed E-state index contributed by atoms with van der Waals surface area (Å²) in [5.74, 6) is -3.44. The van der Waals surface area contributed by atoms with Crippen molar-refractivity contribution in [3.8, 4) is 0 Å². The van der Waals surface area contributed by atoms with E-state index in [0.717, 1.165) is 11.0 Å². The Morgan fingerprint density at radius 3 is 2.74 bits per heavy atom. The molecule has 96 valence electrons. The molecule has 0 unspecified atom stereocenters. The normalized spacial score (nSPS) is 14.1. The molecule has 1 aromatic heterocycles. The maximum atomic E-state index is 13.7. The zero-order valence-electron chi connectivity index (χ0n) is 9.39. The Morgan fingerprint density at radius 1 is 1.26 bits per heavy atom. The number of Topliss-reactive ketones (excluding diaryl/α,β-unsaturated/α-hetero) is 1. The zero-order chi connectivity index (χ0) is 13.6. The molecule has 0 bridgehead atoms. The Bertz CT molecular complexity index is 683. The first-order valence-electron chi connectivity index (χ1n) is 5.32. The lowest BCUT2D eigenvalue weighted by atomic mass is 10.1. The minimum absolute atomic E-state index is 0.139. The van der Waals surface area contributed by atoms with Gasteiger partial charge in [-0.1, -0.05) is 5.16 Å². The predicted molar refractivity (Wildman–Crippen MR) is 58.4 cm³/mol. The van der Waals surface area contributed by atoms with Crippen molar-refractivity contribution in [1.82, 2.24) is 5.16 Å². The third kappa shape index (κ3) is 1.70. The lowest BCUT2D eigenvalue weighted by Gasteiger charge is -2.14. The second-order valence-electron chi connectivity index (χ2n) is 3.98. The van der Waals surface area contributed by atoms with Gasteiger partial charge in [0.05, 0.1) is 24.0 Å². The molecule has 0 spiro atoms. The maximum Gasteiger partial charge on any atom is 0.299 e. The largest absolute Gasteiger partial charge is 0.359 e. The van der Waals surface area contributed by atoms with Gasteiger partial charge in [-0.15, -0.1) is 0 Å². The molecule has 1 aliphatic heterocycles. The van der Waals surface area contributed by atoms with Gasteiger partial charge in [0, 0.05) is 12.1 Å². The number of halogens is 2. The quantitative estimate of drug-likeness (QED) is 0.774. The van der Waals surface area contributed by atoms with Crippen molar-refractivity contribution >= 4 is 17.4 Å². The number of hydrogen-bond acceptors (Lipinski definition) is 4. The monoisotopic (exact) mass is 264 g/mol. The number of rotatable bonds is 2. The van der Waals surface area contributed by atoms with Crippen LogP contribution in [0.1, 0.15) is 16.1 Å². The number of ketones is 1. The average molecular weight is 264 g/mol. The maximum absolute atomic E-state index is 13.7. The summed E-state index contributed by atoms with van der Waals surface area (Å²) < 4.78 is 31.6. The first-order chi connectivity index (χ1) is 9.08. The fourth-order valence-electron chi connectivity index (χ4n) is 1.98. The molecule has 0 aliphatic carbocycles. The van der Waals surface area contributed by atoms with Crippen LogP contribution >= 0.6 is 0 Å². The summed E-state index contributed by atoms with van der Waals surface area (Å²) in [4.78, 5) is 24.4. The first-order valence-corrected chi connectivity index (χ1v) is 5.32. The van der Waals surface area contributed by atoms with Crippen LogP contribution in [-0.2, 0) is 11.3 Å². The second kappa shape index (κ2) is 3.98. The van der Waals surface area contributed by atoms with Crippen molar-refractivity contribution in [1.29, 1.82) is 0 Å². The van der Waals surface area contributed by atoms with Gasteiger partial charge in [-0.3, -0.25) is 14.5 Å². The summed E-state index contributed by atoms with van der Waals surface area (Å²) in [7, 11) is 0. The molecular weight excluding hydrogens is 258 g/mol. The summed E-state index contributed by atoms with van der Waals surface area (Å²) in [6.07, 6.45) is 1.36. The van der Waals surface area contributed by atoms with Crippen molar-refractivity contribution in [2.75, 3.05) is 4.90 Å². The molecular formula is C12H6F2N2O3. The van der Waals surface area contributed by atoms with Crippen molar-refractivity contribution in [3.05, 3.63) is 47.4 Å². The van der Waals surface area contributed by atoms with Crippen molar-refractivity contribution in [3.63, 3.8) is 0 Å². The summed E-state index contributed by atoms with van der Waals surface area (Å²) in [6, 6.07) is 2.95. The number of nitrogens with zero attached hydrogens (tertiary/aromatic N) is 2. The van der Waals surface area contributed by atoms with E-state index in [1.807, 2.05) is 0 Å². The van der Waals surface area contributed by atoms with Gasteiger partial charge in [-0.05, 0) is 6.07 Å². The number of amides is 1. The summed E-state index contributed by atoms with van der Waals surface area (Å²) >= 11 is 0. The van der Waals surface area contributed by atoms with Crippen LogP contribution in [0.4, 0.5) is 14.5 Å². The standard InChI is InChI=1S/C12H6F2N2O3/c13-6-3-8-10(9(14)4-6)16(12(18)11(8)17)5-7-1-2-15-19-7/h1-4H,5H2. The minimum Gasteiger partial charge on any atom is -0.359 e. The summed E-state index contributed by atoms with van der Waals surface area (Å²) in [5.41, 5.74) is -0.505. The van der Waals surface area contributed by atoms with E-state index >= 15 is 0 Å². The van der Waals surface area contributed by atoms with Gasteiger partial charge in [0.25, 0.3) is 11.7 Å². The van der Waals surface area contributed by atoms with Gasteiger partial charge < -0.3 is 4.52 Å². The van der Waals surface area contributed by atoms with Crippen LogP contribution in [-0.4, -0.2) is 16.8 Å². The highest BCUT2D eigenvalue weighted by Crippen LogP contribution is 2.33.